The van der Waals surface area contributed by atoms with Crippen molar-refractivity contribution in [1.82, 2.24) is 0 Å². The molecule has 0 saturated carbocycles. The van der Waals surface area contributed by atoms with Gasteiger partial charge in [-0.1, -0.05) is 13.8 Å². The topological polar surface area (TPSA) is 46.5 Å². The van der Waals surface area contributed by atoms with E-state index in [1.54, 1.807) is 13.8 Å². The number of ether oxygens (including phenoxy) is 1. The van der Waals surface area contributed by atoms with Gasteiger partial charge in [0.05, 0.1) is 12.0 Å². The summed E-state index contributed by atoms with van der Waals surface area (Å²) in [6.07, 6.45) is -1.18. The molecule has 0 bridgehead atoms. The number of carbonyl (C=O) groups excluding carboxylic acids is 1. The quantitative estimate of drug-likeness (QED) is 0.499. The number of hydrogen-bond acceptors (Lipinski definition) is 3. The van der Waals surface area contributed by atoms with Crippen molar-refractivity contribution >= 4 is 5.78 Å². The van der Waals surface area contributed by atoms with Gasteiger partial charge in [0, 0.05) is 0 Å². The van der Waals surface area contributed by atoms with E-state index in [9.17, 15) is 4.79 Å². The van der Waals surface area contributed by atoms with Gasteiger partial charge in [0.25, 0.3) is 0 Å². The molecule has 0 radical (unpaired) electrons. The van der Waals surface area contributed by atoms with Crippen molar-refractivity contribution in [3.8, 4) is 0 Å². The van der Waals surface area contributed by atoms with Crippen LogP contribution in [0, 0.1) is 5.41 Å². The number of aliphatic hydroxyl groups excluding tert-OH is 1. The monoisotopic (exact) mass is 130 g/mol. The molecular weight excluding hydrogens is 120 g/mol. The first-order valence-corrected chi connectivity index (χ1v) is 2.88. The zero-order valence-corrected chi connectivity index (χ0v) is 5.55. The van der Waals surface area contributed by atoms with Crippen LogP contribution >= 0.6 is 0 Å². The molecule has 1 aliphatic rings. The lowest BCUT2D eigenvalue weighted by molar-refractivity contribution is -0.141. The van der Waals surface area contributed by atoms with Crippen LogP contribution in [0.25, 0.3) is 0 Å². The van der Waals surface area contributed by atoms with Gasteiger partial charge in [-0.25, -0.2) is 0 Å². The second-order valence-electron chi connectivity index (χ2n) is 2.91. The molecule has 3 heteroatoms. The van der Waals surface area contributed by atoms with E-state index in [1.165, 1.54) is 0 Å². The third-order valence-corrected chi connectivity index (χ3v) is 1.49. The molecule has 0 spiro atoms. The summed E-state index contributed by atoms with van der Waals surface area (Å²) in [6.45, 7) is 3.84. The lowest BCUT2D eigenvalue weighted by Crippen LogP contribution is -2.25. The molecule has 3 nitrogen and oxygen atoms in total. The van der Waals surface area contributed by atoms with Gasteiger partial charge in [0.2, 0.25) is 6.29 Å². The van der Waals surface area contributed by atoms with E-state index in [0.717, 1.165) is 0 Å². The van der Waals surface area contributed by atoms with Crippen molar-refractivity contribution in [2.45, 2.75) is 20.1 Å². The van der Waals surface area contributed by atoms with Crippen LogP contribution in [-0.2, 0) is 9.53 Å². The minimum absolute atomic E-state index is 0.220. The van der Waals surface area contributed by atoms with Crippen molar-refractivity contribution in [2.75, 3.05) is 6.61 Å². The van der Waals surface area contributed by atoms with Crippen LogP contribution < -0.4 is 0 Å². The lowest BCUT2D eigenvalue weighted by atomic mass is 9.91. The maximum Gasteiger partial charge on any atom is 0.215 e. The molecule has 1 N–H and O–H groups in total. The second kappa shape index (κ2) is 1.78. The Balaban J connectivity index is 2.74. The molecule has 0 aromatic carbocycles. The van der Waals surface area contributed by atoms with Crippen LogP contribution in [0.3, 0.4) is 0 Å². The van der Waals surface area contributed by atoms with E-state index in [-0.39, 0.29) is 5.78 Å². The highest BCUT2D eigenvalue weighted by atomic mass is 16.6. The Hall–Kier alpha value is -0.410. The number of Topliss-reactive ketones (excluding diaryl/α,β-unsaturated/α-hetero) is 1. The van der Waals surface area contributed by atoms with Crippen molar-refractivity contribution in [3.63, 3.8) is 0 Å². The van der Waals surface area contributed by atoms with Crippen LogP contribution in [0.4, 0.5) is 0 Å². The number of ketones is 1. The van der Waals surface area contributed by atoms with Gasteiger partial charge in [-0.2, -0.15) is 0 Å². The van der Waals surface area contributed by atoms with Crippen molar-refractivity contribution in [2.24, 2.45) is 5.41 Å². The predicted molar refractivity (Wildman–Crippen MR) is 30.7 cm³/mol. The normalized spacial score (nSPS) is 33.2. The van der Waals surface area contributed by atoms with Crippen molar-refractivity contribution in [1.29, 1.82) is 0 Å². The van der Waals surface area contributed by atoms with Crippen LogP contribution in [0.15, 0.2) is 0 Å². The fourth-order valence-corrected chi connectivity index (χ4v) is 0.768. The third-order valence-electron chi connectivity index (χ3n) is 1.49. The van der Waals surface area contributed by atoms with Crippen LogP contribution in [0.2, 0.25) is 0 Å². The summed E-state index contributed by atoms with van der Waals surface area (Å²) in [6, 6.07) is 0. The largest absolute Gasteiger partial charge is 0.362 e. The average molecular weight is 130 g/mol. The molecule has 1 aliphatic heterocycles. The van der Waals surface area contributed by atoms with E-state index >= 15 is 0 Å². The summed E-state index contributed by atoms with van der Waals surface area (Å²) in [7, 11) is 0. The summed E-state index contributed by atoms with van der Waals surface area (Å²) >= 11 is 0. The van der Waals surface area contributed by atoms with Gasteiger partial charge in [0.15, 0.2) is 5.78 Å². The Bertz CT molecular complexity index is 139. The smallest absolute Gasteiger partial charge is 0.215 e. The third kappa shape index (κ3) is 0.976. The summed E-state index contributed by atoms with van der Waals surface area (Å²) in [5.74, 6) is -0.220. The Labute approximate surface area is 53.6 Å². The predicted octanol–water partition coefficient (Wildman–Crippen LogP) is -0.0697. The Morgan fingerprint density at radius 3 is 2.44 bits per heavy atom. The minimum atomic E-state index is -1.18. The number of carbonyl (C=O) groups is 1. The minimum Gasteiger partial charge on any atom is -0.362 e. The average Bonchev–Trinajstić information content (AvgIpc) is 1.97. The summed E-state index contributed by atoms with van der Waals surface area (Å²) in [5, 5.41) is 8.76. The fraction of sp³-hybridized carbons (Fsp3) is 0.833. The molecule has 0 aliphatic carbocycles. The molecule has 1 fully saturated rings. The summed E-state index contributed by atoms with van der Waals surface area (Å²) in [5.41, 5.74) is -0.487. The van der Waals surface area contributed by atoms with E-state index < -0.39 is 11.7 Å². The zero-order chi connectivity index (χ0) is 7.07. The fourth-order valence-electron chi connectivity index (χ4n) is 0.768. The Morgan fingerprint density at radius 2 is 2.33 bits per heavy atom. The van der Waals surface area contributed by atoms with E-state index in [2.05, 4.69) is 4.74 Å². The van der Waals surface area contributed by atoms with Gasteiger partial charge >= 0.3 is 0 Å². The molecule has 1 atom stereocenters. The number of hydrogen-bond donors (Lipinski definition) is 1. The first-order valence-electron chi connectivity index (χ1n) is 2.88. The number of aliphatic hydroxyl groups is 1. The lowest BCUT2D eigenvalue weighted by Gasteiger charge is -2.09. The molecule has 0 aromatic rings. The molecule has 0 aromatic heterocycles. The van der Waals surface area contributed by atoms with Gasteiger partial charge in [0.1, 0.15) is 0 Å². The standard InChI is InChI=1S/C6H10O3/c1-6(2)3-9-5(8)4(6)7/h5,8H,3H2,1-2H3. The van der Waals surface area contributed by atoms with Gasteiger partial charge in [-0.15, -0.1) is 0 Å². The van der Waals surface area contributed by atoms with Crippen LogP contribution in [-0.4, -0.2) is 23.8 Å². The molecule has 1 rings (SSSR count). The van der Waals surface area contributed by atoms with Crippen LogP contribution in [0.5, 0.6) is 0 Å². The Morgan fingerprint density at radius 1 is 1.78 bits per heavy atom. The summed E-state index contributed by atoms with van der Waals surface area (Å²) in [4.78, 5) is 10.9. The number of rotatable bonds is 0. The first-order chi connectivity index (χ1) is 4.04. The molecule has 1 saturated heterocycles. The highest BCUT2D eigenvalue weighted by Crippen LogP contribution is 2.25. The maximum atomic E-state index is 10.9. The highest BCUT2D eigenvalue weighted by molar-refractivity contribution is 5.88. The Kier molecular flexibility index (Phi) is 1.33. The first kappa shape index (κ1) is 6.71. The van der Waals surface area contributed by atoms with Crippen molar-refractivity contribution < 1.29 is 14.6 Å². The van der Waals surface area contributed by atoms with E-state index in [1.807, 2.05) is 0 Å². The molecular formula is C6H10O3. The van der Waals surface area contributed by atoms with E-state index in [0.29, 0.717) is 6.61 Å². The molecule has 1 unspecified atom stereocenters. The second-order valence-corrected chi connectivity index (χ2v) is 2.91. The molecule has 0 amide bonds. The molecule has 1 heterocycles. The molecule has 9 heavy (non-hydrogen) atoms. The van der Waals surface area contributed by atoms with Crippen molar-refractivity contribution in [3.05, 3.63) is 0 Å². The van der Waals surface area contributed by atoms with E-state index in [4.69, 9.17) is 5.11 Å². The maximum absolute atomic E-state index is 10.9. The summed E-state index contributed by atoms with van der Waals surface area (Å²) < 4.78 is 4.69. The highest BCUT2D eigenvalue weighted by Gasteiger charge is 2.40. The van der Waals surface area contributed by atoms with Gasteiger partial charge < -0.3 is 9.84 Å². The molecule has 52 valence electrons. The van der Waals surface area contributed by atoms with Gasteiger partial charge in [-0.05, 0) is 0 Å². The van der Waals surface area contributed by atoms with Gasteiger partial charge in [-0.3, -0.25) is 4.79 Å². The van der Waals surface area contributed by atoms with Crippen LogP contribution in [0.1, 0.15) is 13.8 Å². The zero-order valence-electron chi connectivity index (χ0n) is 5.55. The SMILES string of the molecule is CC1(C)COC(O)C1=O.